The zero-order valence-electron chi connectivity index (χ0n) is 19.9. The van der Waals surface area contributed by atoms with Crippen molar-refractivity contribution in [2.45, 2.75) is 73.3 Å². The fourth-order valence-electron chi connectivity index (χ4n) is 5.13. The highest BCUT2D eigenvalue weighted by Crippen LogP contribution is 2.45. The first kappa shape index (κ1) is 21.9. The molecule has 0 fully saturated rings. The molecule has 0 bridgehead atoms. The SMILES string of the molecule is CCC(C)(C)C1CCc2c(sc3ncn4nc(C(C)n5nc(C)c([N+](=O)[O-])c5C)nc4c23)C1. The van der Waals surface area contributed by atoms with Gasteiger partial charge in [-0.1, -0.05) is 27.2 Å². The summed E-state index contributed by atoms with van der Waals surface area (Å²) in [4.78, 5) is 23.1. The van der Waals surface area contributed by atoms with Gasteiger partial charge < -0.3 is 0 Å². The van der Waals surface area contributed by atoms with Gasteiger partial charge >= 0.3 is 5.69 Å². The summed E-state index contributed by atoms with van der Waals surface area (Å²) in [5.41, 5.74) is 3.45. The van der Waals surface area contributed by atoms with Crippen LogP contribution in [0.3, 0.4) is 0 Å². The molecule has 9 nitrogen and oxygen atoms in total. The Labute approximate surface area is 196 Å². The number of thiophene rings is 1. The summed E-state index contributed by atoms with van der Waals surface area (Å²) >= 11 is 1.79. The maximum absolute atomic E-state index is 11.4. The molecule has 0 amide bonds. The molecule has 0 spiro atoms. The molecule has 2 atom stereocenters. The van der Waals surface area contributed by atoms with Gasteiger partial charge in [-0.25, -0.2) is 14.5 Å². The standard InChI is InChI=1S/C23H29N7O2S/c1-7-23(5,6)15-8-9-16-17(10-15)33-22-18(16)21-25-20(27-28(21)11-24-22)14(4)29-13(3)19(30(31)32)12(2)26-29/h11,14-15H,7-10H2,1-6H3. The molecule has 1 aliphatic carbocycles. The molecule has 0 saturated heterocycles. The molecule has 4 heterocycles. The molecular weight excluding hydrogens is 438 g/mol. The second-order valence-corrected chi connectivity index (χ2v) is 10.9. The highest BCUT2D eigenvalue weighted by atomic mass is 32.1. The highest BCUT2D eigenvalue weighted by Gasteiger charge is 2.34. The first-order valence-electron chi connectivity index (χ1n) is 11.5. The van der Waals surface area contributed by atoms with Crippen molar-refractivity contribution in [1.82, 2.24) is 29.4 Å². The zero-order chi connectivity index (χ0) is 23.7. The number of hydrogen-bond acceptors (Lipinski definition) is 7. The summed E-state index contributed by atoms with van der Waals surface area (Å²) in [5, 5.41) is 21.6. The van der Waals surface area contributed by atoms with Gasteiger partial charge in [0.05, 0.1) is 10.3 Å². The van der Waals surface area contributed by atoms with E-state index < -0.39 is 0 Å². The number of aromatic nitrogens is 6. The van der Waals surface area contributed by atoms with Crippen LogP contribution >= 0.6 is 11.3 Å². The quantitative estimate of drug-likeness (QED) is 0.295. The van der Waals surface area contributed by atoms with Crippen molar-refractivity contribution < 1.29 is 4.92 Å². The van der Waals surface area contributed by atoms with E-state index in [1.807, 2.05) is 6.92 Å². The summed E-state index contributed by atoms with van der Waals surface area (Å²) in [5.74, 6) is 1.25. The van der Waals surface area contributed by atoms with Crippen LogP contribution in [0.2, 0.25) is 0 Å². The second kappa shape index (κ2) is 7.58. The Balaban J connectivity index is 1.58. The number of rotatable bonds is 5. The van der Waals surface area contributed by atoms with Gasteiger partial charge in [0.25, 0.3) is 0 Å². The molecule has 2 unspecified atom stereocenters. The molecule has 174 valence electrons. The van der Waals surface area contributed by atoms with Gasteiger partial charge in [-0.2, -0.15) is 5.10 Å². The Morgan fingerprint density at radius 2 is 2.09 bits per heavy atom. The van der Waals surface area contributed by atoms with E-state index in [0.717, 1.165) is 28.7 Å². The van der Waals surface area contributed by atoms with Crippen molar-refractivity contribution in [2.75, 3.05) is 0 Å². The van der Waals surface area contributed by atoms with Gasteiger partial charge in [-0.05, 0) is 56.9 Å². The molecule has 33 heavy (non-hydrogen) atoms. The van der Waals surface area contributed by atoms with E-state index in [9.17, 15) is 10.1 Å². The van der Waals surface area contributed by atoms with E-state index in [-0.39, 0.29) is 16.7 Å². The predicted octanol–water partition coefficient (Wildman–Crippen LogP) is 5.21. The summed E-state index contributed by atoms with van der Waals surface area (Å²) in [7, 11) is 0. The molecule has 10 heteroatoms. The third-order valence-corrected chi connectivity index (χ3v) is 8.79. The van der Waals surface area contributed by atoms with Crippen LogP contribution in [0.25, 0.3) is 15.9 Å². The first-order chi connectivity index (χ1) is 15.6. The Morgan fingerprint density at radius 1 is 1.33 bits per heavy atom. The van der Waals surface area contributed by atoms with Gasteiger partial charge in [0.15, 0.2) is 11.5 Å². The van der Waals surface area contributed by atoms with Crippen molar-refractivity contribution in [3.8, 4) is 0 Å². The minimum absolute atomic E-state index is 0.0473. The fraction of sp³-hybridized carbons (Fsp3) is 0.565. The maximum Gasteiger partial charge on any atom is 0.312 e. The van der Waals surface area contributed by atoms with Crippen molar-refractivity contribution in [3.63, 3.8) is 0 Å². The van der Waals surface area contributed by atoms with E-state index >= 15 is 0 Å². The van der Waals surface area contributed by atoms with Crippen LogP contribution in [0, 0.1) is 35.3 Å². The van der Waals surface area contributed by atoms with Gasteiger partial charge in [-0.15, -0.1) is 16.4 Å². The number of nitrogens with zero attached hydrogens (tertiary/aromatic N) is 7. The smallest absolute Gasteiger partial charge is 0.258 e. The largest absolute Gasteiger partial charge is 0.312 e. The lowest BCUT2D eigenvalue weighted by Crippen LogP contribution is -2.28. The van der Waals surface area contributed by atoms with Gasteiger partial charge in [0.1, 0.15) is 28.6 Å². The lowest BCUT2D eigenvalue weighted by molar-refractivity contribution is -0.386. The van der Waals surface area contributed by atoms with Crippen molar-refractivity contribution in [2.24, 2.45) is 11.3 Å². The van der Waals surface area contributed by atoms with Crippen LogP contribution in [-0.2, 0) is 12.8 Å². The van der Waals surface area contributed by atoms with E-state index in [4.69, 9.17) is 9.97 Å². The zero-order valence-corrected chi connectivity index (χ0v) is 20.7. The fourth-order valence-corrected chi connectivity index (χ4v) is 6.39. The molecule has 0 N–H and O–H groups in total. The predicted molar refractivity (Wildman–Crippen MR) is 128 cm³/mol. The number of nitro groups is 1. The minimum Gasteiger partial charge on any atom is -0.258 e. The van der Waals surface area contributed by atoms with Crippen LogP contribution in [0.4, 0.5) is 5.69 Å². The molecule has 4 aromatic rings. The highest BCUT2D eigenvalue weighted by molar-refractivity contribution is 7.19. The number of hydrogen-bond donors (Lipinski definition) is 0. The molecular formula is C23H29N7O2S. The van der Waals surface area contributed by atoms with E-state index in [0.29, 0.717) is 28.5 Å². The molecule has 0 aliphatic heterocycles. The molecule has 0 radical (unpaired) electrons. The number of aryl methyl sites for hydroxylation is 2. The third kappa shape index (κ3) is 3.34. The van der Waals surface area contributed by atoms with Crippen LogP contribution in [-0.4, -0.2) is 34.3 Å². The van der Waals surface area contributed by atoms with E-state index in [2.05, 4.69) is 31.0 Å². The van der Waals surface area contributed by atoms with Crippen molar-refractivity contribution >= 4 is 32.9 Å². The molecule has 5 rings (SSSR count). The third-order valence-electron chi connectivity index (χ3n) is 7.63. The van der Waals surface area contributed by atoms with Crippen LogP contribution in [0.15, 0.2) is 6.33 Å². The van der Waals surface area contributed by atoms with Crippen molar-refractivity contribution in [1.29, 1.82) is 0 Å². The monoisotopic (exact) mass is 467 g/mol. The Hall–Kier alpha value is -2.88. The van der Waals surface area contributed by atoms with Gasteiger partial charge in [0.2, 0.25) is 0 Å². The number of fused-ring (bicyclic) bond motifs is 5. The Bertz CT molecular complexity index is 1400. The molecule has 1 aliphatic rings. The van der Waals surface area contributed by atoms with E-state index in [1.165, 1.54) is 23.3 Å². The maximum atomic E-state index is 11.4. The van der Waals surface area contributed by atoms with E-state index in [1.54, 1.807) is 40.7 Å². The van der Waals surface area contributed by atoms with Crippen molar-refractivity contribution in [3.05, 3.63) is 44.1 Å². The lowest BCUT2D eigenvalue weighted by atomic mass is 9.70. The first-order valence-corrected chi connectivity index (χ1v) is 12.3. The normalized spacial score (nSPS) is 17.6. The Morgan fingerprint density at radius 3 is 2.76 bits per heavy atom. The van der Waals surface area contributed by atoms with Crippen LogP contribution in [0.1, 0.15) is 74.2 Å². The topological polar surface area (TPSA) is 104 Å². The Kier molecular flexibility index (Phi) is 5.04. The molecule has 0 aromatic carbocycles. The summed E-state index contributed by atoms with van der Waals surface area (Å²) in [6.45, 7) is 12.3. The molecule has 4 aromatic heterocycles. The van der Waals surface area contributed by atoms with Gasteiger partial charge in [-0.3, -0.25) is 14.8 Å². The summed E-state index contributed by atoms with van der Waals surface area (Å²) in [6, 6.07) is -0.337. The van der Waals surface area contributed by atoms with Crippen LogP contribution in [0.5, 0.6) is 0 Å². The van der Waals surface area contributed by atoms with Gasteiger partial charge in [0, 0.05) is 4.88 Å². The average molecular weight is 468 g/mol. The summed E-state index contributed by atoms with van der Waals surface area (Å²) in [6.07, 6.45) is 6.20. The average Bonchev–Trinajstić information content (AvgIpc) is 3.44. The lowest BCUT2D eigenvalue weighted by Gasteiger charge is -2.36. The van der Waals surface area contributed by atoms with Crippen LogP contribution < -0.4 is 0 Å². The second-order valence-electron chi connectivity index (χ2n) is 9.85. The minimum atomic E-state index is -0.379. The summed E-state index contributed by atoms with van der Waals surface area (Å²) < 4.78 is 3.39. The molecule has 0 saturated carbocycles.